The molecule has 0 radical (unpaired) electrons. The van der Waals surface area contributed by atoms with Gasteiger partial charge in [0.1, 0.15) is 5.60 Å². The summed E-state index contributed by atoms with van der Waals surface area (Å²) in [7, 11) is 0. The van der Waals surface area contributed by atoms with Crippen molar-refractivity contribution in [2.24, 2.45) is 0 Å². The van der Waals surface area contributed by atoms with Gasteiger partial charge in [-0.25, -0.2) is 4.79 Å². The summed E-state index contributed by atoms with van der Waals surface area (Å²) in [6.45, 7) is 5.44. The van der Waals surface area contributed by atoms with Gasteiger partial charge in [0.2, 0.25) is 0 Å². The number of carbonyl (C=O) groups is 2. The Morgan fingerprint density at radius 1 is 1.16 bits per heavy atom. The quantitative estimate of drug-likeness (QED) is 0.663. The van der Waals surface area contributed by atoms with Gasteiger partial charge in [-0.1, -0.05) is 18.9 Å². The van der Waals surface area contributed by atoms with Crippen molar-refractivity contribution in [1.82, 2.24) is 5.32 Å². The van der Waals surface area contributed by atoms with Crippen LogP contribution in [-0.4, -0.2) is 22.8 Å². The first kappa shape index (κ1) is 17.5. The Balaban J connectivity index is 3.44. The molecule has 0 aliphatic rings. The Kier molecular flexibility index (Phi) is 8.66. The zero-order valence-electron chi connectivity index (χ0n) is 12.1. The van der Waals surface area contributed by atoms with Crippen molar-refractivity contribution in [3.8, 4) is 0 Å². The number of hydrogen-bond acceptors (Lipinski definition) is 3. The van der Waals surface area contributed by atoms with Crippen LogP contribution in [0.3, 0.4) is 0 Å². The number of carboxylic acids is 1. The Morgan fingerprint density at radius 3 is 2.37 bits per heavy atom. The number of unbranched alkanes of at least 4 members (excludes halogenated alkanes) is 4. The monoisotopic (exact) mass is 271 g/mol. The largest absolute Gasteiger partial charge is 0.481 e. The van der Waals surface area contributed by atoms with E-state index in [4.69, 9.17) is 9.84 Å². The van der Waals surface area contributed by atoms with Crippen LogP contribution in [0.2, 0.25) is 0 Å². The number of hydrogen-bond donors (Lipinski definition) is 2. The summed E-state index contributed by atoms with van der Waals surface area (Å²) in [5.41, 5.74) is -0.484. The molecule has 0 saturated heterocycles. The minimum atomic E-state index is -0.735. The highest BCUT2D eigenvalue weighted by Crippen LogP contribution is 2.07. The predicted octanol–water partition coefficient (Wildman–Crippen LogP) is 3.45. The first-order valence-electron chi connectivity index (χ1n) is 6.67. The number of allylic oxidation sites excluding steroid dienone is 1. The minimum absolute atomic E-state index is 0.246. The molecule has 110 valence electrons. The summed E-state index contributed by atoms with van der Waals surface area (Å²) in [6, 6.07) is 0. The maximum Gasteiger partial charge on any atom is 0.411 e. The van der Waals surface area contributed by atoms with Crippen molar-refractivity contribution in [3.05, 3.63) is 12.3 Å². The molecule has 5 heteroatoms. The third-order valence-electron chi connectivity index (χ3n) is 2.23. The van der Waals surface area contributed by atoms with Gasteiger partial charge in [0.25, 0.3) is 0 Å². The van der Waals surface area contributed by atoms with Gasteiger partial charge in [-0.2, -0.15) is 0 Å². The molecular formula is C14H25NO4. The van der Waals surface area contributed by atoms with E-state index < -0.39 is 17.7 Å². The molecule has 0 aliphatic heterocycles. The molecule has 0 fully saturated rings. The lowest BCUT2D eigenvalue weighted by Gasteiger charge is -2.18. The highest BCUT2D eigenvalue weighted by molar-refractivity contribution is 5.68. The molecule has 5 nitrogen and oxygen atoms in total. The van der Waals surface area contributed by atoms with Gasteiger partial charge in [-0.3, -0.25) is 10.1 Å². The second kappa shape index (κ2) is 9.42. The Labute approximate surface area is 115 Å². The normalized spacial score (nSPS) is 11.5. The first-order valence-corrected chi connectivity index (χ1v) is 6.67. The Bertz CT molecular complexity index is 305. The first-order chi connectivity index (χ1) is 8.81. The van der Waals surface area contributed by atoms with E-state index in [0.717, 1.165) is 32.1 Å². The lowest BCUT2D eigenvalue weighted by Crippen LogP contribution is -2.29. The summed E-state index contributed by atoms with van der Waals surface area (Å²) in [6.07, 6.45) is 7.78. The maximum absolute atomic E-state index is 11.3. The molecule has 0 aliphatic carbocycles. The SMILES string of the molecule is CC(C)(C)OC(=O)NC=CCCCCCCC(=O)O. The van der Waals surface area contributed by atoms with Gasteiger partial charge >= 0.3 is 12.1 Å². The van der Waals surface area contributed by atoms with Gasteiger partial charge in [-0.05, 0) is 40.0 Å². The summed E-state index contributed by atoms with van der Waals surface area (Å²) < 4.78 is 5.06. The fourth-order valence-electron chi connectivity index (χ4n) is 1.41. The molecule has 2 N–H and O–H groups in total. The number of ether oxygens (including phenoxy) is 1. The van der Waals surface area contributed by atoms with Crippen LogP contribution in [-0.2, 0) is 9.53 Å². The molecule has 0 spiro atoms. The number of alkyl carbamates (subject to hydrolysis) is 1. The molecule has 0 saturated carbocycles. The van der Waals surface area contributed by atoms with Crippen molar-refractivity contribution < 1.29 is 19.4 Å². The van der Waals surface area contributed by atoms with Gasteiger partial charge in [0.05, 0.1) is 0 Å². The third kappa shape index (κ3) is 14.4. The molecule has 0 bridgehead atoms. The van der Waals surface area contributed by atoms with Crippen molar-refractivity contribution in [3.63, 3.8) is 0 Å². The molecule has 0 heterocycles. The van der Waals surface area contributed by atoms with Crippen molar-refractivity contribution in [2.75, 3.05) is 0 Å². The van der Waals surface area contributed by atoms with E-state index in [9.17, 15) is 9.59 Å². The van der Waals surface area contributed by atoms with Gasteiger partial charge in [0, 0.05) is 12.6 Å². The van der Waals surface area contributed by atoms with Crippen molar-refractivity contribution in [2.45, 2.75) is 64.9 Å². The maximum atomic E-state index is 11.3. The molecule has 0 aromatic rings. The summed E-state index contributed by atoms with van der Waals surface area (Å²) >= 11 is 0. The number of aliphatic carboxylic acids is 1. The molecular weight excluding hydrogens is 246 g/mol. The van der Waals surface area contributed by atoms with E-state index in [0.29, 0.717) is 0 Å². The van der Waals surface area contributed by atoms with Crippen molar-refractivity contribution >= 4 is 12.1 Å². The lowest BCUT2D eigenvalue weighted by molar-refractivity contribution is -0.137. The van der Waals surface area contributed by atoms with Crippen LogP contribution >= 0.6 is 0 Å². The van der Waals surface area contributed by atoms with Crippen LogP contribution in [0.4, 0.5) is 4.79 Å². The van der Waals surface area contributed by atoms with Crippen LogP contribution in [0.1, 0.15) is 59.3 Å². The number of nitrogens with one attached hydrogen (secondary N) is 1. The fraction of sp³-hybridized carbons (Fsp3) is 0.714. The van der Waals surface area contributed by atoms with E-state index >= 15 is 0 Å². The molecule has 0 rings (SSSR count). The van der Waals surface area contributed by atoms with E-state index in [1.54, 1.807) is 6.20 Å². The van der Waals surface area contributed by atoms with Crippen LogP contribution in [0.25, 0.3) is 0 Å². The number of carboxylic acid groups (broad SMARTS) is 1. The third-order valence-corrected chi connectivity index (χ3v) is 2.23. The second-order valence-electron chi connectivity index (χ2n) is 5.40. The second-order valence-corrected chi connectivity index (χ2v) is 5.40. The number of amides is 1. The van der Waals surface area contributed by atoms with Gasteiger partial charge in [0.15, 0.2) is 0 Å². The van der Waals surface area contributed by atoms with E-state index in [1.807, 2.05) is 26.8 Å². The zero-order chi connectivity index (χ0) is 14.7. The fourth-order valence-corrected chi connectivity index (χ4v) is 1.41. The molecule has 0 atom stereocenters. The summed E-state index contributed by atoms with van der Waals surface area (Å²) in [4.78, 5) is 21.5. The topological polar surface area (TPSA) is 75.6 Å². The average molecular weight is 271 g/mol. The summed E-state index contributed by atoms with van der Waals surface area (Å²) in [5, 5.41) is 11.0. The number of carbonyl (C=O) groups excluding carboxylic acids is 1. The van der Waals surface area contributed by atoms with E-state index in [-0.39, 0.29) is 6.42 Å². The Hall–Kier alpha value is -1.52. The lowest BCUT2D eigenvalue weighted by atomic mass is 10.1. The van der Waals surface area contributed by atoms with Gasteiger partial charge in [-0.15, -0.1) is 0 Å². The molecule has 0 unspecified atom stereocenters. The average Bonchev–Trinajstić information content (AvgIpc) is 2.24. The van der Waals surface area contributed by atoms with E-state index in [2.05, 4.69) is 5.32 Å². The zero-order valence-corrected chi connectivity index (χ0v) is 12.1. The predicted molar refractivity (Wildman–Crippen MR) is 73.8 cm³/mol. The van der Waals surface area contributed by atoms with Crippen LogP contribution < -0.4 is 5.32 Å². The van der Waals surface area contributed by atoms with Gasteiger partial charge < -0.3 is 9.84 Å². The van der Waals surface area contributed by atoms with Crippen molar-refractivity contribution in [1.29, 1.82) is 0 Å². The smallest absolute Gasteiger partial charge is 0.411 e. The highest BCUT2D eigenvalue weighted by atomic mass is 16.6. The molecule has 0 aromatic carbocycles. The molecule has 19 heavy (non-hydrogen) atoms. The molecule has 1 amide bonds. The summed E-state index contributed by atoms with van der Waals surface area (Å²) in [5.74, 6) is -0.735. The highest BCUT2D eigenvalue weighted by Gasteiger charge is 2.14. The standard InChI is InChI=1S/C14H25NO4/c1-14(2,3)19-13(18)15-11-9-7-5-4-6-8-10-12(16)17/h9,11H,4-8,10H2,1-3H3,(H,15,18)(H,16,17). The van der Waals surface area contributed by atoms with Crippen LogP contribution in [0, 0.1) is 0 Å². The molecule has 0 aromatic heterocycles. The van der Waals surface area contributed by atoms with Crippen LogP contribution in [0.15, 0.2) is 12.3 Å². The Morgan fingerprint density at radius 2 is 1.79 bits per heavy atom. The van der Waals surface area contributed by atoms with E-state index in [1.165, 1.54) is 0 Å². The number of rotatable bonds is 8. The van der Waals surface area contributed by atoms with Crippen LogP contribution in [0.5, 0.6) is 0 Å². The minimum Gasteiger partial charge on any atom is -0.481 e.